The Morgan fingerprint density at radius 1 is 0.864 bits per heavy atom. The van der Waals surface area contributed by atoms with Gasteiger partial charge in [0.25, 0.3) is 0 Å². The first-order valence-electron chi connectivity index (χ1n) is 10.1. The molecule has 2 rings (SSSR count). The van der Waals surface area contributed by atoms with Crippen LogP contribution < -0.4 is 0 Å². The zero-order valence-electron chi connectivity index (χ0n) is 15.8. The van der Waals surface area contributed by atoms with Crippen molar-refractivity contribution < 1.29 is 4.79 Å². The third kappa shape index (κ3) is 6.05. The second-order valence-electron chi connectivity index (χ2n) is 7.94. The first-order valence-corrected chi connectivity index (χ1v) is 10.1. The normalized spacial score (nSPS) is 30.6. The molecule has 0 spiro atoms. The minimum Gasteiger partial charge on any atom is -0.300 e. The molecular formula is C21H40O. The van der Waals surface area contributed by atoms with Gasteiger partial charge in [-0.25, -0.2) is 0 Å². The lowest BCUT2D eigenvalue weighted by molar-refractivity contribution is -0.118. The molecule has 22 heavy (non-hydrogen) atoms. The first-order chi connectivity index (χ1) is 10.5. The Kier molecular flexibility index (Phi) is 9.36. The molecule has 0 heterocycles. The van der Waals surface area contributed by atoms with E-state index in [1.54, 1.807) is 0 Å². The SMILES string of the molecule is CC1CCCCCC1(C)C1CCCCCC1.CCC(=O)CC. The van der Waals surface area contributed by atoms with Crippen molar-refractivity contribution >= 4 is 5.78 Å². The van der Waals surface area contributed by atoms with E-state index in [9.17, 15) is 4.79 Å². The molecule has 0 aromatic rings. The lowest BCUT2D eigenvalue weighted by atomic mass is 9.63. The second kappa shape index (κ2) is 10.4. The molecule has 0 amide bonds. The van der Waals surface area contributed by atoms with E-state index in [4.69, 9.17) is 0 Å². The molecule has 2 aliphatic carbocycles. The van der Waals surface area contributed by atoms with Gasteiger partial charge in [0, 0.05) is 12.8 Å². The van der Waals surface area contributed by atoms with E-state index >= 15 is 0 Å². The van der Waals surface area contributed by atoms with Crippen LogP contribution >= 0.6 is 0 Å². The Labute approximate surface area is 139 Å². The molecule has 2 saturated carbocycles. The lowest BCUT2D eigenvalue weighted by Gasteiger charge is -2.42. The number of Topliss-reactive ketones (excluding diaryl/α,β-unsaturated/α-hetero) is 1. The van der Waals surface area contributed by atoms with E-state index in [-0.39, 0.29) is 0 Å². The van der Waals surface area contributed by atoms with Crippen LogP contribution in [-0.4, -0.2) is 5.78 Å². The molecule has 1 nitrogen and oxygen atoms in total. The van der Waals surface area contributed by atoms with Crippen LogP contribution in [0, 0.1) is 17.3 Å². The van der Waals surface area contributed by atoms with Crippen LogP contribution in [-0.2, 0) is 4.79 Å². The van der Waals surface area contributed by atoms with Crippen molar-refractivity contribution in [3.63, 3.8) is 0 Å². The Balaban J connectivity index is 0.000000346. The Bertz CT molecular complexity index is 295. The fourth-order valence-electron chi connectivity index (χ4n) is 4.50. The number of carbonyl (C=O) groups excluding carboxylic acids is 1. The quantitative estimate of drug-likeness (QED) is 0.516. The van der Waals surface area contributed by atoms with Crippen LogP contribution in [0.5, 0.6) is 0 Å². The van der Waals surface area contributed by atoms with E-state index in [1.807, 2.05) is 13.8 Å². The highest BCUT2D eigenvalue weighted by molar-refractivity contribution is 5.77. The Hall–Kier alpha value is -0.330. The molecule has 0 N–H and O–H groups in total. The maximum Gasteiger partial charge on any atom is 0.132 e. The summed E-state index contributed by atoms with van der Waals surface area (Å²) in [6, 6.07) is 0. The van der Waals surface area contributed by atoms with Crippen LogP contribution in [0.15, 0.2) is 0 Å². The third-order valence-electron chi connectivity index (χ3n) is 6.55. The largest absolute Gasteiger partial charge is 0.300 e. The Morgan fingerprint density at radius 2 is 1.36 bits per heavy atom. The van der Waals surface area contributed by atoms with E-state index in [2.05, 4.69) is 13.8 Å². The van der Waals surface area contributed by atoms with Gasteiger partial charge in [-0.05, 0) is 36.5 Å². The van der Waals surface area contributed by atoms with Crippen molar-refractivity contribution in [3.05, 3.63) is 0 Å². The second-order valence-corrected chi connectivity index (χ2v) is 7.94. The van der Waals surface area contributed by atoms with Gasteiger partial charge in [-0.1, -0.05) is 79.1 Å². The average molecular weight is 309 g/mol. The molecule has 0 aliphatic heterocycles. The minimum absolute atomic E-state index is 0.343. The predicted octanol–water partition coefficient (Wildman–Crippen LogP) is 6.94. The molecule has 0 radical (unpaired) electrons. The molecule has 2 unspecified atom stereocenters. The molecular weight excluding hydrogens is 268 g/mol. The summed E-state index contributed by atoms with van der Waals surface area (Å²) in [5, 5.41) is 0. The zero-order chi connectivity index (χ0) is 16.4. The van der Waals surface area contributed by atoms with E-state index < -0.39 is 0 Å². The summed E-state index contributed by atoms with van der Waals surface area (Å²) < 4.78 is 0. The lowest BCUT2D eigenvalue weighted by Crippen LogP contribution is -2.33. The molecule has 0 saturated heterocycles. The maximum atomic E-state index is 10.2. The summed E-state index contributed by atoms with van der Waals surface area (Å²) in [6.07, 6.45) is 17.9. The van der Waals surface area contributed by atoms with Crippen molar-refractivity contribution in [2.75, 3.05) is 0 Å². The summed E-state index contributed by atoms with van der Waals surface area (Å²) in [6.45, 7) is 8.92. The van der Waals surface area contributed by atoms with Crippen LogP contribution in [0.1, 0.15) is 111 Å². The zero-order valence-corrected chi connectivity index (χ0v) is 15.8. The van der Waals surface area contributed by atoms with Crippen LogP contribution in [0.2, 0.25) is 0 Å². The van der Waals surface area contributed by atoms with Gasteiger partial charge in [-0.2, -0.15) is 0 Å². The van der Waals surface area contributed by atoms with Crippen LogP contribution in [0.3, 0.4) is 0 Å². The van der Waals surface area contributed by atoms with Crippen molar-refractivity contribution in [2.45, 2.75) is 111 Å². The molecule has 0 bridgehead atoms. The van der Waals surface area contributed by atoms with E-state index in [1.165, 1.54) is 70.6 Å². The van der Waals surface area contributed by atoms with Crippen molar-refractivity contribution in [1.82, 2.24) is 0 Å². The fourth-order valence-corrected chi connectivity index (χ4v) is 4.50. The van der Waals surface area contributed by atoms with Gasteiger partial charge < -0.3 is 0 Å². The molecule has 2 atom stereocenters. The highest BCUT2D eigenvalue weighted by atomic mass is 16.1. The van der Waals surface area contributed by atoms with Gasteiger partial charge in [0.15, 0.2) is 0 Å². The van der Waals surface area contributed by atoms with E-state index in [0.717, 1.165) is 11.8 Å². The maximum absolute atomic E-state index is 10.2. The summed E-state index contributed by atoms with van der Waals surface area (Å²) in [4.78, 5) is 10.2. The molecule has 1 heteroatoms. The number of hydrogen-bond donors (Lipinski definition) is 0. The topological polar surface area (TPSA) is 17.1 Å². The van der Waals surface area contributed by atoms with Crippen molar-refractivity contribution in [1.29, 1.82) is 0 Å². The summed E-state index contributed by atoms with van der Waals surface area (Å²) >= 11 is 0. The fraction of sp³-hybridized carbons (Fsp3) is 0.952. The van der Waals surface area contributed by atoms with Crippen molar-refractivity contribution in [2.24, 2.45) is 17.3 Å². The number of rotatable bonds is 3. The molecule has 0 aromatic heterocycles. The monoisotopic (exact) mass is 308 g/mol. The van der Waals surface area contributed by atoms with Gasteiger partial charge in [-0.3, -0.25) is 4.79 Å². The third-order valence-corrected chi connectivity index (χ3v) is 6.55. The smallest absolute Gasteiger partial charge is 0.132 e. The van der Waals surface area contributed by atoms with Crippen molar-refractivity contribution in [3.8, 4) is 0 Å². The molecule has 130 valence electrons. The first kappa shape index (κ1) is 19.7. The van der Waals surface area contributed by atoms with Gasteiger partial charge >= 0.3 is 0 Å². The number of ketones is 1. The molecule has 2 fully saturated rings. The van der Waals surface area contributed by atoms with Gasteiger partial charge in [0.2, 0.25) is 0 Å². The molecule has 2 aliphatic rings. The summed E-state index contributed by atoms with van der Waals surface area (Å²) in [7, 11) is 0. The summed E-state index contributed by atoms with van der Waals surface area (Å²) in [5.41, 5.74) is 0.681. The van der Waals surface area contributed by atoms with Crippen LogP contribution in [0.4, 0.5) is 0 Å². The Morgan fingerprint density at radius 3 is 1.86 bits per heavy atom. The molecule has 0 aromatic carbocycles. The predicted molar refractivity (Wildman–Crippen MR) is 97.1 cm³/mol. The van der Waals surface area contributed by atoms with Gasteiger partial charge in [0.05, 0.1) is 0 Å². The van der Waals surface area contributed by atoms with Crippen LogP contribution in [0.25, 0.3) is 0 Å². The highest BCUT2D eigenvalue weighted by Gasteiger charge is 2.39. The van der Waals surface area contributed by atoms with Gasteiger partial charge in [-0.15, -0.1) is 0 Å². The van der Waals surface area contributed by atoms with Gasteiger partial charge in [0.1, 0.15) is 5.78 Å². The summed E-state index contributed by atoms with van der Waals surface area (Å²) in [5.74, 6) is 2.36. The number of hydrogen-bond acceptors (Lipinski definition) is 1. The van der Waals surface area contributed by atoms with E-state index in [0.29, 0.717) is 24.0 Å². The minimum atomic E-state index is 0.343. The standard InChI is InChI=1S/C16H30.C5H10O/c1-14-10-6-5-9-13-16(14,2)15-11-7-3-4-8-12-15;1-3-5(6)4-2/h14-15H,3-13H2,1-2H3;3-4H2,1-2H3. The number of carbonyl (C=O) groups is 1. The highest BCUT2D eigenvalue weighted by Crippen LogP contribution is 2.49. The average Bonchev–Trinajstić information content (AvgIpc) is 2.90.